The zero-order valence-electron chi connectivity index (χ0n) is 10.4. The summed E-state index contributed by atoms with van der Waals surface area (Å²) >= 11 is 3.63. The van der Waals surface area contributed by atoms with Crippen LogP contribution in [0.4, 0.5) is 0 Å². The molecule has 0 saturated carbocycles. The summed E-state index contributed by atoms with van der Waals surface area (Å²) in [7, 11) is 0. The largest absolute Gasteiger partial charge is 0.317 e. The Morgan fingerprint density at radius 3 is 2.69 bits per heavy atom. The third kappa shape index (κ3) is 5.13. The molecule has 0 radical (unpaired) electrons. The maximum atomic E-state index is 3.63. The van der Waals surface area contributed by atoms with Crippen LogP contribution in [-0.4, -0.2) is 13.1 Å². The van der Waals surface area contributed by atoms with E-state index in [-0.39, 0.29) is 0 Å². The molecule has 1 nitrogen and oxygen atoms in total. The van der Waals surface area contributed by atoms with E-state index >= 15 is 0 Å². The molecule has 2 heteroatoms. The Labute approximate surface area is 108 Å². The number of aryl methyl sites for hydroxylation is 2. The van der Waals surface area contributed by atoms with E-state index in [0.717, 1.165) is 13.1 Å². The van der Waals surface area contributed by atoms with E-state index in [1.54, 1.807) is 0 Å². The van der Waals surface area contributed by atoms with Crippen LogP contribution in [0, 0.1) is 6.92 Å². The van der Waals surface area contributed by atoms with Crippen molar-refractivity contribution in [3.05, 3.63) is 33.8 Å². The minimum atomic E-state index is 1.15. The van der Waals surface area contributed by atoms with E-state index in [0.29, 0.717) is 0 Å². The summed E-state index contributed by atoms with van der Waals surface area (Å²) in [6.07, 6.45) is 4.93. The summed E-state index contributed by atoms with van der Waals surface area (Å²) in [5.74, 6) is 0. The Bertz CT molecular complexity index is 310. The van der Waals surface area contributed by atoms with Crippen molar-refractivity contribution in [3.8, 4) is 0 Å². The van der Waals surface area contributed by atoms with Crippen LogP contribution in [0.1, 0.15) is 37.3 Å². The molecule has 0 bridgehead atoms. The SMILES string of the molecule is CCCNCCCCc1ccc(C)cc1Br. The first-order valence-electron chi connectivity index (χ1n) is 6.19. The van der Waals surface area contributed by atoms with Crippen molar-refractivity contribution < 1.29 is 0 Å². The molecule has 0 aromatic heterocycles. The smallest absolute Gasteiger partial charge is 0.0209 e. The number of benzene rings is 1. The van der Waals surface area contributed by atoms with E-state index in [4.69, 9.17) is 0 Å². The third-order valence-corrected chi connectivity index (χ3v) is 3.42. The van der Waals surface area contributed by atoms with Crippen molar-refractivity contribution in [1.82, 2.24) is 5.32 Å². The average molecular weight is 284 g/mol. The summed E-state index contributed by atoms with van der Waals surface area (Å²) < 4.78 is 1.26. The minimum Gasteiger partial charge on any atom is -0.317 e. The quantitative estimate of drug-likeness (QED) is 0.744. The van der Waals surface area contributed by atoms with Gasteiger partial charge in [-0.15, -0.1) is 0 Å². The van der Waals surface area contributed by atoms with Crippen LogP contribution in [0.15, 0.2) is 22.7 Å². The molecular weight excluding hydrogens is 262 g/mol. The fourth-order valence-corrected chi connectivity index (χ4v) is 2.41. The maximum absolute atomic E-state index is 3.63. The summed E-state index contributed by atoms with van der Waals surface area (Å²) in [6, 6.07) is 6.62. The van der Waals surface area contributed by atoms with Gasteiger partial charge in [0, 0.05) is 4.47 Å². The van der Waals surface area contributed by atoms with E-state index in [1.807, 2.05) is 0 Å². The van der Waals surface area contributed by atoms with Gasteiger partial charge in [0.1, 0.15) is 0 Å². The van der Waals surface area contributed by atoms with Crippen molar-refractivity contribution in [2.24, 2.45) is 0 Å². The van der Waals surface area contributed by atoms with Crippen LogP contribution < -0.4 is 5.32 Å². The first kappa shape index (κ1) is 13.7. The van der Waals surface area contributed by atoms with Crippen LogP contribution >= 0.6 is 15.9 Å². The Morgan fingerprint density at radius 2 is 2.00 bits per heavy atom. The maximum Gasteiger partial charge on any atom is 0.0209 e. The molecule has 0 aliphatic rings. The van der Waals surface area contributed by atoms with Gasteiger partial charge in [0.25, 0.3) is 0 Å². The second kappa shape index (κ2) is 7.86. The topological polar surface area (TPSA) is 12.0 Å². The van der Waals surface area contributed by atoms with Gasteiger partial charge < -0.3 is 5.32 Å². The van der Waals surface area contributed by atoms with Crippen molar-refractivity contribution >= 4 is 15.9 Å². The van der Waals surface area contributed by atoms with E-state index in [9.17, 15) is 0 Å². The van der Waals surface area contributed by atoms with Crippen molar-refractivity contribution in [3.63, 3.8) is 0 Å². The normalized spacial score (nSPS) is 10.7. The monoisotopic (exact) mass is 283 g/mol. The van der Waals surface area contributed by atoms with Crippen molar-refractivity contribution in [1.29, 1.82) is 0 Å². The van der Waals surface area contributed by atoms with Crippen LogP contribution in [0.25, 0.3) is 0 Å². The Kier molecular flexibility index (Phi) is 6.74. The molecule has 90 valence electrons. The van der Waals surface area contributed by atoms with E-state index in [1.165, 1.54) is 41.3 Å². The molecule has 1 aromatic rings. The first-order chi connectivity index (χ1) is 7.74. The van der Waals surface area contributed by atoms with Gasteiger partial charge in [0.05, 0.1) is 0 Å². The lowest BCUT2D eigenvalue weighted by molar-refractivity contribution is 0.616. The second-order valence-electron chi connectivity index (χ2n) is 4.30. The minimum absolute atomic E-state index is 1.15. The van der Waals surface area contributed by atoms with Gasteiger partial charge >= 0.3 is 0 Å². The molecule has 1 rings (SSSR count). The van der Waals surface area contributed by atoms with Crippen LogP contribution in [0.5, 0.6) is 0 Å². The summed E-state index contributed by atoms with van der Waals surface area (Å²) in [4.78, 5) is 0. The number of nitrogens with one attached hydrogen (secondary N) is 1. The molecule has 0 spiro atoms. The molecule has 0 atom stereocenters. The third-order valence-electron chi connectivity index (χ3n) is 2.69. The molecule has 0 aliphatic carbocycles. The summed E-state index contributed by atoms with van der Waals surface area (Å²) in [5.41, 5.74) is 2.75. The molecular formula is C14H22BrN. The molecule has 0 aliphatic heterocycles. The highest BCUT2D eigenvalue weighted by Crippen LogP contribution is 2.20. The number of hydrogen-bond donors (Lipinski definition) is 1. The zero-order valence-corrected chi connectivity index (χ0v) is 11.9. The van der Waals surface area contributed by atoms with Gasteiger partial charge in [0.15, 0.2) is 0 Å². The number of hydrogen-bond acceptors (Lipinski definition) is 1. The Morgan fingerprint density at radius 1 is 1.19 bits per heavy atom. The van der Waals surface area contributed by atoms with Gasteiger partial charge in [-0.3, -0.25) is 0 Å². The predicted octanol–water partition coefficient (Wildman–Crippen LogP) is 4.08. The second-order valence-corrected chi connectivity index (χ2v) is 5.16. The van der Waals surface area contributed by atoms with Crippen LogP contribution in [0.3, 0.4) is 0 Å². The molecule has 0 heterocycles. The molecule has 16 heavy (non-hydrogen) atoms. The molecule has 1 aromatic carbocycles. The van der Waals surface area contributed by atoms with Crippen molar-refractivity contribution in [2.75, 3.05) is 13.1 Å². The number of unbranched alkanes of at least 4 members (excludes halogenated alkanes) is 1. The highest BCUT2D eigenvalue weighted by molar-refractivity contribution is 9.10. The lowest BCUT2D eigenvalue weighted by Gasteiger charge is -2.06. The molecule has 1 N–H and O–H groups in total. The summed E-state index contributed by atoms with van der Waals surface area (Å²) in [6.45, 7) is 6.63. The Hall–Kier alpha value is -0.340. The zero-order chi connectivity index (χ0) is 11.8. The molecule has 0 unspecified atom stereocenters. The Balaban J connectivity index is 2.21. The van der Waals surface area contributed by atoms with Gasteiger partial charge in [-0.05, 0) is 62.9 Å². The van der Waals surface area contributed by atoms with E-state index in [2.05, 4.69) is 53.3 Å². The molecule has 0 amide bonds. The predicted molar refractivity (Wildman–Crippen MR) is 75.0 cm³/mol. The van der Waals surface area contributed by atoms with Crippen LogP contribution in [0.2, 0.25) is 0 Å². The van der Waals surface area contributed by atoms with Gasteiger partial charge in [0.2, 0.25) is 0 Å². The van der Waals surface area contributed by atoms with Crippen LogP contribution in [-0.2, 0) is 6.42 Å². The fourth-order valence-electron chi connectivity index (χ4n) is 1.72. The van der Waals surface area contributed by atoms with Crippen molar-refractivity contribution in [2.45, 2.75) is 39.5 Å². The van der Waals surface area contributed by atoms with E-state index < -0.39 is 0 Å². The first-order valence-corrected chi connectivity index (χ1v) is 6.99. The van der Waals surface area contributed by atoms with Gasteiger partial charge in [-0.2, -0.15) is 0 Å². The van der Waals surface area contributed by atoms with Gasteiger partial charge in [-0.25, -0.2) is 0 Å². The number of halogens is 1. The average Bonchev–Trinajstić information content (AvgIpc) is 2.26. The number of rotatable bonds is 7. The fraction of sp³-hybridized carbons (Fsp3) is 0.571. The molecule has 0 saturated heterocycles. The van der Waals surface area contributed by atoms with Gasteiger partial charge in [-0.1, -0.05) is 35.0 Å². The standard InChI is InChI=1S/C14H22BrN/c1-3-9-16-10-5-4-6-13-8-7-12(2)11-14(13)15/h7-8,11,16H,3-6,9-10H2,1-2H3. The molecule has 0 fully saturated rings. The highest BCUT2D eigenvalue weighted by atomic mass is 79.9. The highest BCUT2D eigenvalue weighted by Gasteiger charge is 1.99. The summed E-state index contributed by atoms with van der Waals surface area (Å²) in [5, 5.41) is 3.43. The lowest BCUT2D eigenvalue weighted by atomic mass is 10.1. The lowest BCUT2D eigenvalue weighted by Crippen LogP contribution is -2.15.